The van der Waals surface area contributed by atoms with Crippen molar-refractivity contribution in [2.24, 2.45) is 0 Å². The second-order valence-corrected chi connectivity index (χ2v) is 12.4. The van der Waals surface area contributed by atoms with Crippen LogP contribution in [0.5, 0.6) is 0 Å². The second-order valence-electron chi connectivity index (χ2n) is 11.4. The zero-order valence-corrected chi connectivity index (χ0v) is 24.0. The Morgan fingerprint density at radius 2 is 0.977 bits per heavy atom. The number of benzene rings is 7. The maximum absolute atomic E-state index is 2.46. The van der Waals surface area contributed by atoms with Gasteiger partial charge in [0.15, 0.2) is 0 Å². The molecular weight excluding hydrogens is 541 g/mol. The first-order valence-corrected chi connectivity index (χ1v) is 15.5. The molecule has 0 aliphatic heterocycles. The van der Waals surface area contributed by atoms with Crippen molar-refractivity contribution in [1.82, 2.24) is 9.13 Å². The Bertz CT molecular complexity index is 2720. The first kappa shape index (κ1) is 23.2. The first-order valence-electron chi connectivity index (χ1n) is 14.7. The van der Waals surface area contributed by atoms with Crippen LogP contribution in [-0.2, 0) is 0 Å². The smallest absolute Gasteiger partial charge is 0.0547 e. The molecular formula is C40H24N2S. The van der Waals surface area contributed by atoms with Crippen molar-refractivity contribution in [3.63, 3.8) is 0 Å². The molecule has 0 aliphatic rings. The average Bonchev–Trinajstić information content (AvgIpc) is 3.71. The molecule has 7 aromatic carbocycles. The lowest BCUT2D eigenvalue weighted by atomic mass is 10.0. The van der Waals surface area contributed by atoms with E-state index in [0.717, 1.165) is 0 Å². The molecule has 0 fully saturated rings. The molecule has 0 N–H and O–H groups in total. The summed E-state index contributed by atoms with van der Waals surface area (Å²) in [7, 11) is 0. The zero-order chi connectivity index (χ0) is 28.1. The summed E-state index contributed by atoms with van der Waals surface area (Å²) in [6.07, 6.45) is 0. The van der Waals surface area contributed by atoms with Gasteiger partial charge in [-0.1, -0.05) is 84.9 Å². The SMILES string of the molecule is c1ccc(-n2c3ccccc3c3cc(-n4c5ccccc5c5cc6ccc7c8ccccc8sc7c6cc54)ccc32)cc1. The first-order chi connectivity index (χ1) is 21.3. The lowest BCUT2D eigenvalue weighted by Crippen LogP contribution is -1.95. The van der Waals surface area contributed by atoms with Crippen molar-refractivity contribution >= 4 is 85.9 Å². The minimum Gasteiger partial charge on any atom is -0.309 e. The number of hydrogen-bond donors (Lipinski definition) is 0. The van der Waals surface area contributed by atoms with Gasteiger partial charge in [0.2, 0.25) is 0 Å². The quantitative estimate of drug-likeness (QED) is 0.198. The summed E-state index contributed by atoms with van der Waals surface area (Å²) in [5, 5.41) is 10.4. The van der Waals surface area contributed by atoms with Crippen LogP contribution >= 0.6 is 11.3 Å². The minimum absolute atomic E-state index is 1.18. The van der Waals surface area contributed by atoms with Crippen molar-refractivity contribution in [3.8, 4) is 11.4 Å². The van der Waals surface area contributed by atoms with E-state index in [2.05, 4.69) is 155 Å². The fourth-order valence-electron chi connectivity index (χ4n) is 7.20. The summed E-state index contributed by atoms with van der Waals surface area (Å²) in [6.45, 7) is 0. The third-order valence-electron chi connectivity index (χ3n) is 9.08. The summed E-state index contributed by atoms with van der Waals surface area (Å²) < 4.78 is 7.54. The number of hydrogen-bond acceptors (Lipinski definition) is 1. The standard InChI is InChI=1S/C40H24N2S/c1-2-10-26(11-3-1)41-35-15-7-5-13-29(35)34-23-27(19-21-37(34)41)42-36-16-8-4-12-28(36)33-22-25-18-20-31-30-14-6-9-17-39(30)43-40(31)32(25)24-38(33)42/h1-24H. The van der Waals surface area contributed by atoms with Crippen molar-refractivity contribution in [2.75, 3.05) is 0 Å². The minimum atomic E-state index is 1.18. The van der Waals surface area contributed by atoms with E-state index in [9.17, 15) is 0 Å². The van der Waals surface area contributed by atoms with Gasteiger partial charge in [0.1, 0.15) is 0 Å². The largest absolute Gasteiger partial charge is 0.309 e. The highest BCUT2D eigenvalue weighted by Crippen LogP contribution is 2.42. The predicted molar refractivity (Wildman–Crippen MR) is 186 cm³/mol. The van der Waals surface area contributed by atoms with Crippen LogP contribution in [0.4, 0.5) is 0 Å². The molecule has 0 aliphatic carbocycles. The highest BCUT2D eigenvalue weighted by Gasteiger charge is 2.18. The topological polar surface area (TPSA) is 9.86 Å². The number of para-hydroxylation sites is 3. The maximum atomic E-state index is 2.46. The van der Waals surface area contributed by atoms with Gasteiger partial charge in [-0.15, -0.1) is 11.3 Å². The van der Waals surface area contributed by atoms with E-state index in [-0.39, 0.29) is 0 Å². The van der Waals surface area contributed by atoms with Gasteiger partial charge in [0.25, 0.3) is 0 Å². The van der Waals surface area contributed by atoms with Gasteiger partial charge < -0.3 is 9.13 Å². The molecule has 43 heavy (non-hydrogen) atoms. The highest BCUT2D eigenvalue weighted by atomic mass is 32.1. The van der Waals surface area contributed by atoms with Crippen LogP contribution in [0.15, 0.2) is 146 Å². The van der Waals surface area contributed by atoms with Gasteiger partial charge in [0, 0.05) is 58.5 Å². The Labute approximate surface area is 251 Å². The lowest BCUT2D eigenvalue weighted by Gasteiger charge is -2.11. The summed E-state index contributed by atoms with van der Waals surface area (Å²) in [5.41, 5.74) is 7.27. The summed E-state index contributed by atoms with van der Waals surface area (Å²) >= 11 is 1.90. The predicted octanol–water partition coefficient (Wildman–Crippen LogP) is 11.4. The van der Waals surface area contributed by atoms with Gasteiger partial charge >= 0.3 is 0 Å². The molecule has 3 heterocycles. The summed E-state index contributed by atoms with van der Waals surface area (Å²) in [6, 6.07) is 53.4. The van der Waals surface area contributed by atoms with Gasteiger partial charge in [-0.05, 0) is 66.0 Å². The third kappa shape index (κ3) is 3.17. The molecule has 0 unspecified atom stereocenters. The Hall–Kier alpha value is -5.38. The van der Waals surface area contributed by atoms with Gasteiger partial charge in [0.05, 0.1) is 22.1 Å². The number of thiophene rings is 1. The second kappa shape index (κ2) is 8.57. The molecule has 0 amide bonds. The molecule has 0 saturated carbocycles. The van der Waals surface area contributed by atoms with Crippen molar-refractivity contribution in [3.05, 3.63) is 146 Å². The van der Waals surface area contributed by atoms with Crippen LogP contribution in [-0.4, -0.2) is 9.13 Å². The number of rotatable bonds is 2. The van der Waals surface area contributed by atoms with Crippen LogP contribution < -0.4 is 0 Å². The lowest BCUT2D eigenvalue weighted by molar-refractivity contribution is 1.17. The molecule has 10 rings (SSSR count). The molecule has 3 aromatic heterocycles. The average molecular weight is 565 g/mol. The van der Waals surface area contributed by atoms with Gasteiger partial charge in [-0.3, -0.25) is 0 Å². The van der Waals surface area contributed by atoms with E-state index >= 15 is 0 Å². The Kier molecular flexibility index (Phi) is 4.63. The molecule has 0 bridgehead atoms. The van der Waals surface area contributed by atoms with E-state index < -0.39 is 0 Å². The fourth-order valence-corrected chi connectivity index (χ4v) is 8.43. The van der Waals surface area contributed by atoms with Gasteiger partial charge in [-0.2, -0.15) is 0 Å². The number of fused-ring (bicyclic) bond motifs is 11. The van der Waals surface area contributed by atoms with Crippen LogP contribution in [0.25, 0.3) is 85.9 Å². The van der Waals surface area contributed by atoms with Crippen LogP contribution in [0.3, 0.4) is 0 Å². The monoisotopic (exact) mass is 564 g/mol. The van der Waals surface area contributed by atoms with E-state index in [1.54, 1.807) is 0 Å². The maximum Gasteiger partial charge on any atom is 0.0547 e. The van der Waals surface area contributed by atoms with E-state index in [1.807, 2.05) is 11.3 Å². The molecule has 0 atom stereocenters. The van der Waals surface area contributed by atoms with Crippen molar-refractivity contribution in [2.45, 2.75) is 0 Å². The number of aromatic nitrogens is 2. The van der Waals surface area contributed by atoms with Crippen molar-refractivity contribution < 1.29 is 0 Å². The fraction of sp³-hybridized carbons (Fsp3) is 0. The van der Waals surface area contributed by atoms with E-state index in [4.69, 9.17) is 0 Å². The summed E-state index contributed by atoms with van der Waals surface area (Å²) in [4.78, 5) is 0. The molecule has 2 nitrogen and oxygen atoms in total. The van der Waals surface area contributed by atoms with Crippen LogP contribution in [0, 0.1) is 0 Å². The Morgan fingerprint density at radius 1 is 0.349 bits per heavy atom. The third-order valence-corrected chi connectivity index (χ3v) is 10.3. The Balaban J connectivity index is 1.31. The molecule has 3 heteroatoms. The van der Waals surface area contributed by atoms with Gasteiger partial charge in [-0.25, -0.2) is 0 Å². The van der Waals surface area contributed by atoms with E-state index in [1.165, 1.54) is 85.9 Å². The normalized spacial score (nSPS) is 12.2. The zero-order valence-electron chi connectivity index (χ0n) is 23.2. The molecule has 0 radical (unpaired) electrons. The molecule has 10 aromatic rings. The molecule has 200 valence electrons. The molecule has 0 saturated heterocycles. The van der Waals surface area contributed by atoms with E-state index in [0.29, 0.717) is 0 Å². The highest BCUT2D eigenvalue weighted by molar-refractivity contribution is 7.26. The Morgan fingerprint density at radius 3 is 1.77 bits per heavy atom. The van der Waals surface area contributed by atoms with Crippen LogP contribution in [0.1, 0.15) is 0 Å². The van der Waals surface area contributed by atoms with Crippen LogP contribution in [0.2, 0.25) is 0 Å². The van der Waals surface area contributed by atoms with Crippen molar-refractivity contribution in [1.29, 1.82) is 0 Å². The summed E-state index contributed by atoms with van der Waals surface area (Å²) in [5.74, 6) is 0. The molecule has 0 spiro atoms. The number of nitrogens with zero attached hydrogens (tertiary/aromatic N) is 2.